The third kappa shape index (κ3) is 8.22. The highest BCUT2D eigenvalue weighted by Gasteiger charge is 2.06. The Hall–Kier alpha value is -0.120. The normalized spacial score (nSPS) is 15.7. The minimum Gasteiger partial charge on any atom is -0.373 e. The molecule has 3 nitrogen and oxygen atoms in total. The van der Waals surface area contributed by atoms with Crippen LogP contribution in [0, 0.1) is 0 Å². The molecule has 3 heteroatoms. The van der Waals surface area contributed by atoms with Gasteiger partial charge in [0.05, 0.1) is 18.8 Å². The molecule has 0 amide bonds. The molecule has 0 aliphatic rings. The Morgan fingerprint density at radius 1 is 1.00 bits per heavy atom. The fraction of sp³-hybridized carbons (Fsp3) is 1.00. The highest BCUT2D eigenvalue weighted by atomic mass is 17.2. The van der Waals surface area contributed by atoms with Crippen molar-refractivity contribution in [2.24, 2.45) is 0 Å². The molecule has 0 rings (SSSR count). The van der Waals surface area contributed by atoms with Crippen molar-refractivity contribution in [1.82, 2.24) is 0 Å². The molecular weight excluding hydrogens is 168 g/mol. The lowest BCUT2D eigenvalue weighted by molar-refractivity contribution is -0.307. The molecule has 0 fully saturated rings. The maximum atomic E-state index is 5.57. The number of rotatable bonds is 8. The fourth-order valence-corrected chi connectivity index (χ4v) is 0.818. The number of hydrogen-bond acceptors (Lipinski definition) is 3. The molecule has 0 saturated heterocycles. The Morgan fingerprint density at radius 2 is 1.69 bits per heavy atom. The van der Waals surface area contributed by atoms with Gasteiger partial charge >= 0.3 is 0 Å². The van der Waals surface area contributed by atoms with Gasteiger partial charge in [-0.1, -0.05) is 13.8 Å². The molecule has 0 aromatic carbocycles. The van der Waals surface area contributed by atoms with Crippen LogP contribution >= 0.6 is 0 Å². The van der Waals surface area contributed by atoms with Gasteiger partial charge in [-0.15, -0.1) is 0 Å². The molecule has 0 unspecified atom stereocenters. The average molecular weight is 190 g/mol. The summed E-state index contributed by atoms with van der Waals surface area (Å²) in [6.07, 6.45) is 2.40. The van der Waals surface area contributed by atoms with E-state index < -0.39 is 0 Å². The van der Waals surface area contributed by atoms with Gasteiger partial charge < -0.3 is 4.74 Å². The first-order valence-corrected chi connectivity index (χ1v) is 5.10. The molecule has 0 bridgehead atoms. The summed E-state index contributed by atoms with van der Waals surface area (Å²) in [7, 11) is 0. The van der Waals surface area contributed by atoms with Gasteiger partial charge in [0.1, 0.15) is 6.61 Å². The van der Waals surface area contributed by atoms with Gasteiger partial charge in [-0.25, -0.2) is 9.78 Å². The van der Waals surface area contributed by atoms with E-state index in [4.69, 9.17) is 14.5 Å². The van der Waals surface area contributed by atoms with E-state index in [9.17, 15) is 0 Å². The van der Waals surface area contributed by atoms with Crippen LogP contribution in [0.15, 0.2) is 0 Å². The first kappa shape index (κ1) is 12.9. The average Bonchev–Trinajstić information content (AvgIpc) is 2.12. The zero-order chi connectivity index (χ0) is 10.1. The number of ether oxygens (including phenoxy) is 1. The zero-order valence-corrected chi connectivity index (χ0v) is 9.21. The second-order valence-electron chi connectivity index (χ2n) is 3.27. The first-order valence-electron chi connectivity index (χ1n) is 5.10. The summed E-state index contributed by atoms with van der Waals surface area (Å²) in [5.41, 5.74) is 0. The third-order valence-corrected chi connectivity index (χ3v) is 1.71. The van der Waals surface area contributed by atoms with Crippen LogP contribution in [0.5, 0.6) is 0 Å². The van der Waals surface area contributed by atoms with Crippen molar-refractivity contribution in [1.29, 1.82) is 0 Å². The molecule has 0 spiro atoms. The Bertz CT molecular complexity index is 106. The second-order valence-corrected chi connectivity index (χ2v) is 3.27. The van der Waals surface area contributed by atoms with Gasteiger partial charge in [-0.3, -0.25) is 0 Å². The summed E-state index contributed by atoms with van der Waals surface area (Å²) in [5, 5.41) is 0. The van der Waals surface area contributed by atoms with Crippen molar-refractivity contribution in [3.8, 4) is 0 Å². The summed E-state index contributed by atoms with van der Waals surface area (Å²) >= 11 is 0. The van der Waals surface area contributed by atoms with Crippen LogP contribution < -0.4 is 0 Å². The van der Waals surface area contributed by atoms with Crippen LogP contribution in [0.25, 0.3) is 0 Å². The molecule has 0 aromatic rings. The molecule has 0 aliphatic heterocycles. The van der Waals surface area contributed by atoms with E-state index in [1.165, 1.54) is 0 Å². The minimum atomic E-state index is 0.104. The highest BCUT2D eigenvalue weighted by Crippen LogP contribution is 2.02. The molecule has 0 N–H and O–H groups in total. The van der Waals surface area contributed by atoms with Crippen LogP contribution in [0.3, 0.4) is 0 Å². The van der Waals surface area contributed by atoms with E-state index in [0.29, 0.717) is 19.3 Å². The van der Waals surface area contributed by atoms with Gasteiger partial charge in [0.15, 0.2) is 0 Å². The van der Waals surface area contributed by atoms with E-state index >= 15 is 0 Å². The standard InChI is InChI=1S/C10H22O3/c1-5-7-11-12-8-10(4)13-9(3)6-2/h9-10H,5-8H2,1-4H3/t9-,10-/m0/s1. The van der Waals surface area contributed by atoms with Gasteiger partial charge in [0.2, 0.25) is 0 Å². The predicted octanol–water partition coefficient (Wildman–Crippen LogP) is 2.55. The molecule has 0 aliphatic carbocycles. The Balaban J connectivity index is 3.24. The smallest absolute Gasteiger partial charge is 0.108 e. The third-order valence-electron chi connectivity index (χ3n) is 1.71. The van der Waals surface area contributed by atoms with Gasteiger partial charge in [0, 0.05) is 0 Å². The van der Waals surface area contributed by atoms with Crippen molar-refractivity contribution < 1.29 is 14.5 Å². The lowest BCUT2D eigenvalue weighted by atomic mass is 10.3. The lowest BCUT2D eigenvalue weighted by Gasteiger charge is -2.17. The summed E-state index contributed by atoms with van der Waals surface area (Å²) in [6.45, 7) is 9.35. The van der Waals surface area contributed by atoms with Crippen LogP contribution in [-0.2, 0) is 14.5 Å². The van der Waals surface area contributed by atoms with Gasteiger partial charge in [-0.05, 0) is 26.7 Å². The SMILES string of the molecule is CCCOOC[C@H](C)O[C@@H](C)CC. The Morgan fingerprint density at radius 3 is 2.23 bits per heavy atom. The van der Waals surface area contributed by atoms with Crippen LogP contribution in [-0.4, -0.2) is 25.4 Å². The predicted molar refractivity (Wildman–Crippen MR) is 52.5 cm³/mol. The van der Waals surface area contributed by atoms with E-state index in [2.05, 4.69) is 13.8 Å². The highest BCUT2D eigenvalue weighted by molar-refractivity contribution is 4.51. The lowest BCUT2D eigenvalue weighted by Crippen LogP contribution is -2.21. The van der Waals surface area contributed by atoms with Crippen molar-refractivity contribution in [3.63, 3.8) is 0 Å². The molecule has 0 saturated carbocycles. The quantitative estimate of drug-likeness (QED) is 0.334. The van der Waals surface area contributed by atoms with Crippen LogP contribution in [0.1, 0.15) is 40.5 Å². The summed E-state index contributed by atoms with van der Waals surface area (Å²) in [6, 6.07) is 0. The summed E-state index contributed by atoms with van der Waals surface area (Å²) in [4.78, 5) is 9.84. The molecule has 13 heavy (non-hydrogen) atoms. The van der Waals surface area contributed by atoms with Gasteiger partial charge in [0.25, 0.3) is 0 Å². The molecule has 0 heterocycles. The van der Waals surface area contributed by atoms with E-state index in [1.54, 1.807) is 0 Å². The fourth-order valence-electron chi connectivity index (χ4n) is 0.818. The van der Waals surface area contributed by atoms with Crippen LogP contribution in [0.2, 0.25) is 0 Å². The van der Waals surface area contributed by atoms with E-state index in [0.717, 1.165) is 12.8 Å². The summed E-state index contributed by atoms with van der Waals surface area (Å²) < 4.78 is 5.57. The van der Waals surface area contributed by atoms with Gasteiger partial charge in [-0.2, -0.15) is 0 Å². The van der Waals surface area contributed by atoms with Crippen molar-refractivity contribution in [3.05, 3.63) is 0 Å². The largest absolute Gasteiger partial charge is 0.373 e. The molecule has 0 aromatic heterocycles. The summed E-state index contributed by atoms with van der Waals surface area (Å²) in [5.74, 6) is 0. The van der Waals surface area contributed by atoms with E-state index in [-0.39, 0.29) is 6.10 Å². The first-order chi connectivity index (χ1) is 6.20. The molecule has 2 atom stereocenters. The van der Waals surface area contributed by atoms with E-state index in [1.807, 2.05) is 13.8 Å². The Labute approximate surface area is 81.3 Å². The second kappa shape index (κ2) is 8.48. The van der Waals surface area contributed by atoms with Crippen molar-refractivity contribution in [2.75, 3.05) is 13.2 Å². The topological polar surface area (TPSA) is 27.7 Å². The van der Waals surface area contributed by atoms with Crippen molar-refractivity contribution in [2.45, 2.75) is 52.7 Å². The van der Waals surface area contributed by atoms with Crippen LogP contribution in [0.4, 0.5) is 0 Å². The minimum absolute atomic E-state index is 0.104. The maximum absolute atomic E-state index is 5.57. The molecule has 0 radical (unpaired) electrons. The molecule has 80 valence electrons. The molecular formula is C10H22O3. The monoisotopic (exact) mass is 190 g/mol. The maximum Gasteiger partial charge on any atom is 0.108 e. The Kier molecular flexibility index (Phi) is 8.40. The zero-order valence-electron chi connectivity index (χ0n) is 9.21. The van der Waals surface area contributed by atoms with Crippen molar-refractivity contribution >= 4 is 0 Å². The number of hydrogen-bond donors (Lipinski definition) is 0.